The number of hydrogen-bond donors (Lipinski definition) is 7. The molecule has 0 spiro atoms. The predicted molar refractivity (Wildman–Crippen MR) is 167 cm³/mol. The summed E-state index contributed by atoms with van der Waals surface area (Å²) in [7, 11) is 0. The van der Waals surface area contributed by atoms with Crippen LogP contribution < -0.4 is 21.7 Å². The van der Waals surface area contributed by atoms with Crippen LogP contribution in [0.1, 0.15) is 38.3 Å². The molecule has 0 radical (unpaired) electrons. The minimum atomic E-state index is -4.73. The number of aromatic carboxylic acids is 2. The van der Waals surface area contributed by atoms with E-state index in [-0.39, 0.29) is 52.6 Å². The molecule has 1 aliphatic rings. The Kier molecular flexibility index (Phi) is 10.2. The van der Waals surface area contributed by atoms with Crippen LogP contribution in [-0.2, 0) is 17.5 Å². The van der Waals surface area contributed by atoms with Crippen LogP contribution in [0, 0.1) is 0 Å². The van der Waals surface area contributed by atoms with Crippen LogP contribution in [0.15, 0.2) is 84.7 Å². The van der Waals surface area contributed by atoms with Gasteiger partial charge in [-0.05, 0) is 66.6 Å². The fourth-order valence-corrected chi connectivity index (χ4v) is 5.23. The average Bonchev–Trinajstić information content (AvgIpc) is 2.98. The normalized spacial score (nSPS) is 18.4. The van der Waals surface area contributed by atoms with E-state index in [9.17, 15) is 42.9 Å². The average molecular weight is 679 g/mol. The maximum absolute atomic E-state index is 13.6. The summed E-state index contributed by atoms with van der Waals surface area (Å²) in [5, 5.41) is 36.7. The van der Waals surface area contributed by atoms with Crippen LogP contribution >= 0.6 is 23.2 Å². The monoisotopic (exact) mass is 678 g/mol. The van der Waals surface area contributed by atoms with Crippen molar-refractivity contribution in [2.45, 2.75) is 35.4 Å². The number of anilines is 4. The largest absolute Gasteiger partial charge is 0.508 e. The van der Waals surface area contributed by atoms with E-state index in [1.807, 2.05) is 0 Å². The maximum atomic E-state index is 13.6. The summed E-state index contributed by atoms with van der Waals surface area (Å²) in [6, 6.07) is 11.5. The number of nitrogens with one attached hydrogen (secondary N) is 3. The van der Waals surface area contributed by atoms with Gasteiger partial charge in [0.05, 0.1) is 55.7 Å². The standard InChI is InChI=1S/C31H27Cl2F3N4O6/c32-26-13-18(41)9-10-30(26,33)14-25(27(37)42)38-15-16-5-7-22(20(11-16)29(45)46)40-24-12-17(31(34,35)36)6-8-23(24)39-21-4-2-1-3-19(21)28(43)44/h1-13,25-26,38-41H,14-15H2,(H2,37,42)(H,43,44)(H,45,46)/t25-,26?,30?/m0/s1. The van der Waals surface area contributed by atoms with Gasteiger partial charge < -0.3 is 37.0 Å². The van der Waals surface area contributed by atoms with Gasteiger partial charge in [0.25, 0.3) is 0 Å². The molecule has 1 aliphatic carbocycles. The van der Waals surface area contributed by atoms with Gasteiger partial charge >= 0.3 is 18.1 Å². The number of alkyl halides is 5. The van der Waals surface area contributed by atoms with E-state index in [0.29, 0.717) is 5.56 Å². The number of primary amides is 1. The molecule has 0 aliphatic heterocycles. The molecule has 3 aromatic rings. The van der Waals surface area contributed by atoms with E-state index in [0.717, 1.165) is 18.2 Å². The molecule has 0 aromatic heterocycles. The van der Waals surface area contributed by atoms with Crippen LogP contribution in [-0.4, -0.2) is 49.5 Å². The van der Waals surface area contributed by atoms with Crippen LogP contribution in [0.2, 0.25) is 0 Å². The number of aliphatic hydroxyl groups is 1. The first-order valence-corrected chi connectivity index (χ1v) is 14.3. The number of carbonyl (C=O) groups excluding carboxylic acids is 1. The molecular formula is C31H27Cl2F3N4O6. The number of carbonyl (C=O) groups is 3. The minimum Gasteiger partial charge on any atom is -0.508 e. The molecule has 0 heterocycles. The minimum absolute atomic E-state index is 0.0422. The second kappa shape index (κ2) is 13.7. The zero-order valence-corrected chi connectivity index (χ0v) is 25.1. The number of allylic oxidation sites excluding steroid dienone is 3. The van der Waals surface area contributed by atoms with E-state index < -0.39 is 45.9 Å². The third kappa shape index (κ3) is 8.10. The predicted octanol–water partition coefficient (Wildman–Crippen LogP) is 6.52. The first kappa shape index (κ1) is 34.2. The molecule has 46 heavy (non-hydrogen) atoms. The van der Waals surface area contributed by atoms with Crippen molar-refractivity contribution in [3.8, 4) is 0 Å². The highest BCUT2D eigenvalue weighted by atomic mass is 35.5. The number of para-hydroxylation sites is 1. The smallest absolute Gasteiger partial charge is 0.416 e. The quantitative estimate of drug-likeness (QED) is 0.105. The maximum Gasteiger partial charge on any atom is 0.416 e. The van der Waals surface area contributed by atoms with Crippen molar-refractivity contribution in [1.29, 1.82) is 0 Å². The zero-order valence-electron chi connectivity index (χ0n) is 23.6. The number of amides is 1. The molecule has 3 atom stereocenters. The third-order valence-corrected chi connectivity index (χ3v) is 8.22. The summed E-state index contributed by atoms with van der Waals surface area (Å²) in [5.74, 6) is -3.53. The summed E-state index contributed by atoms with van der Waals surface area (Å²) < 4.78 is 40.9. The van der Waals surface area contributed by atoms with Crippen molar-refractivity contribution in [3.63, 3.8) is 0 Å². The number of halogens is 5. The van der Waals surface area contributed by atoms with E-state index >= 15 is 0 Å². The van der Waals surface area contributed by atoms with Crippen LogP contribution in [0.4, 0.5) is 35.9 Å². The second-order valence-electron chi connectivity index (χ2n) is 10.3. The van der Waals surface area contributed by atoms with Crippen molar-refractivity contribution in [2.24, 2.45) is 5.73 Å². The first-order valence-electron chi connectivity index (χ1n) is 13.5. The van der Waals surface area contributed by atoms with Crippen molar-refractivity contribution >= 4 is 63.8 Å². The van der Waals surface area contributed by atoms with E-state index in [1.54, 1.807) is 6.07 Å². The Bertz CT molecular complexity index is 1730. The van der Waals surface area contributed by atoms with Gasteiger partial charge in [0.2, 0.25) is 5.91 Å². The van der Waals surface area contributed by atoms with Crippen LogP contribution in [0.25, 0.3) is 0 Å². The first-order chi connectivity index (χ1) is 21.6. The molecule has 8 N–H and O–H groups in total. The van der Waals surface area contributed by atoms with Gasteiger partial charge in [-0.15, -0.1) is 23.2 Å². The fraction of sp³-hybridized carbons (Fsp3) is 0.194. The van der Waals surface area contributed by atoms with Crippen molar-refractivity contribution in [1.82, 2.24) is 5.32 Å². The number of rotatable bonds is 12. The van der Waals surface area contributed by atoms with Gasteiger partial charge in [0.15, 0.2) is 0 Å². The summed E-state index contributed by atoms with van der Waals surface area (Å²) >= 11 is 12.9. The van der Waals surface area contributed by atoms with Crippen molar-refractivity contribution in [2.75, 3.05) is 10.6 Å². The highest BCUT2D eigenvalue weighted by Crippen LogP contribution is 2.38. The van der Waals surface area contributed by atoms with Gasteiger partial charge in [0.1, 0.15) is 5.76 Å². The van der Waals surface area contributed by atoms with Gasteiger partial charge in [-0.2, -0.15) is 13.2 Å². The molecule has 10 nitrogen and oxygen atoms in total. The molecule has 0 bridgehead atoms. The van der Waals surface area contributed by atoms with Gasteiger partial charge in [-0.25, -0.2) is 9.59 Å². The molecule has 3 aromatic carbocycles. The SMILES string of the molecule is NC(=O)[C@H](CC1(Cl)C=CC(O)=CC1Cl)NCc1ccc(Nc2cc(C(F)(F)F)ccc2Nc2ccccc2C(=O)O)c(C(=O)O)c1. The Morgan fingerprint density at radius 3 is 2.17 bits per heavy atom. The van der Waals surface area contributed by atoms with E-state index in [1.165, 1.54) is 54.6 Å². The lowest BCUT2D eigenvalue weighted by Gasteiger charge is -2.32. The Morgan fingerprint density at radius 2 is 1.54 bits per heavy atom. The number of nitrogens with two attached hydrogens (primary N) is 1. The van der Waals surface area contributed by atoms with E-state index in [2.05, 4.69) is 16.0 Å². The molecule has 0 saturated heterocycles. The van der Waals surface area contributed by atoms with E-state index in [4.69, 9.17) is 28.9 Å². The fourth-order valence-electron chi connectivity index (χ4n) is 4.66. The summed E-state index contributed by atoms with van der Waals surface area (Å²) in [4.78, 5) is 34.9. The molecule has 0 fully saturated rings. The Hall–Kier alpha value is -4.72. The molecule has 1 amide bonds. The summed E-state index contributed by atoms with van der Waals surface area (Å²) in [5.41, 5.74) is 4.35. The number of carboxylic acids is 2. The van der Waals surface area contributed by atoms with Crippen LogP contribution in [0.5, 0.6) is 0 Å². The lowest BCUT2D eigenvalue weighted by molar-refractivity contribution is -0.137. The zero-order chi connectivity index (χ0) is 33.8. The van der Waals surface area contributed by atoms with Crippen LogP contribution in [0.3, 0.4) is 0 Å². The highest BCUT2D eigenvalue weighted by Gasteiger charge is 2.38. The van der Waals surface area contributed by atoms with Gasteiger partial charge in [-0.3, -0.25) is 4.79 Å². The topological polar surface area (TPSA) is 174 Å². The third-order valence-electron chi connectivity index (χ3n) is 7.08. The number of hydrogen-bond acceptors (Lipinski definition) is 7. The Labute approximate surface area is 270 Å². The molecule has 4 rings (SSSR count). The summed E-state index contributed by atoms with van der Waals surface area (Å²) in [6.07, 6.45) is -0.705. The molecule has 0 saturated carbocycles. The second-order valence-corrected chi connectivity index (χ2v) is 11.5. The molecular weight excluding hydrogens is 652 g/mol. The summed E-state index contributed by atoms with van der Waals surface area (Å²) in [6.45, 7) is -0.0543. The van der Waals surface area contributed by atoms with Gasteiger partial charge in [0, 0.05) is 6.54 Å². The van der Waals surface area contributed by atoms with Gasteiger partial charge in [-0.1, -0.05) is 24.3 Å². The number of carboxylic acid groups (broad SMARTS) is 2. The van der Waals surface area contributed by atoms with Crippen molar-refractivity contribution < 1.29 is 42.9 Å². The van der Waals surface area contributed by atoms with Crippen molar-refractivity contribution in [3.05, 3.63) is 107 Å². The molecule has 2 unspecified atom stereocenters. The number of benzene rings is 3. The lowest BCUT2D eigenvalue weighted by Crippen LogP contribution is -2.47. The number of aliphatic hydroxyl groups excluding tert-OH is 1. The Balaban J connectivity index is 1.61. The Morgan fingerprint density at radius 1 is 0.913 bits per heavy atom. The molecule has 242 valence electrons. The highest BCUT2D eigenvalue weighted by molar-refractivity contribution is 6.34. The molecule has 15 heteroatoms. The lowest BCUT2D eigenvalue weighted by atomic mass is 9.91.